The Hall–Kier alpha value is -1.92. The van der Waals surface area contributed by atoms with Crippen LogP contribution in [0.2, 0.25) is 0 Å². The van der Waals surface area contributed by atoms with Crippen molar-refractivity contribution in [3.8, 4) is 0 Å². The van der Waals surface area contributed by atoms with Crippen molar-refractivity contribution >= 4 is 11.8 Å². The summed E-state index contributed by atoms with van der Waals surface area (Å²) < 4.78 is 0. The van der Waals surface area contributed by atoms with Gasteiger partial charge in [-0.3, -0.25) is 9.59 Å². The van der Waals surface area contributed by atoms with Crippen molar-refractivity contribution in [2.45, 2.75) is 77.5 Å². The smallest absolute Gasteiger partial charge is 0.254 e. The highest BCUT2D eigenvalue weighted by molar-refractivity contribution is 5.97. The maximum atomic E-state index is 14.1. The van der Waals surface area contributed by atoms with Gasteiger partial charge in [0.2, 0.25) is 5.91 Å². The summed E-state index contributed by atoms with van der Waals surface area (Å²) >= 11 is 0. The van der Waals surface area contributed by atoms with Gasteiger partial charge in [-0.2, -0.15) is 0 Å². The molecule has 0 aliphatic carbocycles. The molecule has 2 aliphatic rings. The fourth-order valence-corrected chi connectivity index (χ4v) is 5.60. The number of nitrogens with two attached hydrogens (primary N) is 1. The third-order valence-electron chi connectivity index (χ3n) is 9.24. The first-order valence-electron chi connectivity index (χ1n) is 11.9. The van der Waals surface area contributed by atoms with Crippen LogP contribution in [-0.4, -0.2) is 76.9 Å². The van der Waals surface area contributed by atoms with Crippen molar-refractivity contribution in [1.82, 2.24) is 14.7 Å². The van der Waals surface area contributed by atoms with Gasteiger partial charge < -0.3 is 20.4 Å². The minimum atomic E-state index is -0.475. The van der Waals surface area contributed by atoms with Gasteiger partial charge in [0.1, 0.15) is 0 Å². The minimum absolute atomic E-state index is 0.00148. The molecule has 4 unspecified atom stereocenters. The summed E-state index contributed by atoms with van der Waals surface area (Å²) in [5, 5.41) is 0. The quantitative estimate of drug-likeness (QED) is 0.775. The number of carbonyl (C=O) groups excluding carboxylic acids is 2. The highest BCUT2D eigenvalue weighted by atomic mass is 16.2. The molecular formula is C26H42N4O2. The Balaban J connectivity index is 2.03. The number of carbonyl (C=O) groups is 2. The van der Waals surface area contributed by atoms with Crippen LogP contribution >= 0.6 is 0 Å². The van der Waals surface area contributed by atoms with Crippen molar-refractivity contribution in [3.63, 3.8) is 0 Å². The molecule has 6 nitrogen and oxygen atoms in total. The van der Waals surface area contributed by atoms with Gasteiger partial charge in [0.25, 0.3) is 5.91 Å². The third-order valence-corrected chi connectivity index (χ3v) is 9.24. The molecule has 0 aromatic heterocycles. The van der Waals surface area contributed by atoms with Crippen LogP contribution < -0.4 is 5.73 Å². The van der Waals surface area contributed by atoms with Crippen LogP contribution in [0, 0.1) is 11.8 Å². The van der Waals surface area contributed by atoms with E-state index in [1.165, 1.54) is 0 Å². The van der Waals surface area contributed by atoms with Crippen LogP contribution in [0.15, 0.2) is 24.3 Å². The van der Waals surface area contributed by atoms with E-state index >= 15 is 0 Å². The molecule has 0 saturated carbocycles. The predicted octanol–water partition coefficient (Wildman–Crippen LogP) is 3.47. The van der Waals surface area contributed by atoms with E-state index in [2.05, 4.69) is 70.3 Å². The van der Waals surface area contributed by atoms with Crippen molar-refractivity contribution in [1.29, 1.82) is 0 Å². The molecule has 2 N–H and O–H groups in total. The SMILES string of the molecule is CC1C(N(C(=O)c2ccc(C(N)=O)cc2)C2CCN(C)C(C)(C)C2C)CCN(C)C1(C)C. The maximum absolute atomic E-state index is 14.1. The van der Waals surface area contributed by atoms with Gasteiger partial charge in [-0.1, -0.05) is 13.8 Å². The van der Waals surface area contributed by atoms with Gasteiger partial charge >= 0.3 is 0 Å². The Morgan fingerprint density at radius 2 is 1.22 bits per heavy atom. The molecule has 1 aromatic rings. The van der Waals surface area contributed by atoms with Gasteiger partial charge in [0.15, 0.2) is 0 Å². The molecule has 3 rings (SSSR count). The lowest BCUT2D eigenvalue weighted by atomic mass is 9.72. The van der Waals surface area contributed by atoms with Crippen molar-refractivity contribution in [2.75, 3.05) is 27.2 Å². The molecule has 2 heterocycles. The van der Waals surface area contributed by atoms with E-state index in [1.54, 1.807) is 24.3 Å². The van der Waals surface area contributed by atoms with Gasteiger partial charge in [-0.05, 0) is 90.7 Å². The van der Waals surface area contributed by atoms with Gasteiger partial charge in [0.05, 0.1) is 0 Å². The number of rotatable bonds is 4. The molecule has 0 bridgehead atoms. The van der Waals surface area contributed by atoms with E-state index < -0.39 is 5.91 Å². The first kappa shape index (κ1) is 24.7. The second-order valence-corrected chi connectivity index (χ2v) is 11.1. The van der Waals surface area contributed by atoms with E-state index in [9.17, 15) is 9.59 Å². The Kier molecular flexibility index (Phi) is 6.79. The van der Waals surface area contributed by atoms with Crippen LogP contribution in [0.4, 0.5) is 0 Å². The minimum Gasteiger partial charge on any atom is -0.366 e. The highest BCUT2D eigenvalue weighted by Crippen LogP contribution is 2.41. The zero-order valence-corrected chi connectivity index (χ0v) is 21.2. The number of hydrogen-bond acceptors (Lipinski definition) is 4. The molecule has 2 aliphatic heterocycles. The summed E-state index contributed by atoms with van der Waals surface area (Å²) in [6, 6.07) is 7.16. The number of likely N-dealkylation sites (tertiary alicyclic amines) is 2. The van der Waals surface area contributed by atoms with E-state index in [-0.39, 0.29) is 29.1 Å². The summed E-state index contributed by atoms with van der Waals surface area (Å²) in [5.74, 6) is 0.239. The predicted molar refractivity (Wildman–Crippen MR) is 130 cm³/mol. The second-order valence-electron chi connectivity index (χ2n) is 11.1. The number of primary amides is 1. The fourth-order valence-electron chi connectivity index (χ4n) is 5.60. The fraction of sp³-hybridized carbons (Fsp3) is 0.692. The number of piperidine rings is 2. The summed E-state index contributed by atoms with van der Waals surface area (Å²) in [6.45, 7) is 15.7. The maximum Gasteiger partial charge on any atom is 0.254 e. The third kappa shape index (κ3) is 4.19. The topological polar surface area (TPSA) is 69.9 Å². The normalized spacial score (nSPS) is 30.6. The van der Waals surface area contributed by atoms with Gasteiger partial charge in [-0.25, -0.2) is 0 Å². The van der Waals surface area contributed by atoms with E-state index in [4.69, 9.17) is 5.73 Å². The van der Waals surface area contributed by atoms with Crippen molar-refractivity contribution < 1.29 is 9.59 Å². The summed E-state index contributed by atoms with van der Waals surface area (Å²) in [4.78, 5) is 32.7. The first-order chi connectivity index (χ1) is 14.8. The van der Waals surface area contributed by atoms with Gasteiger partial charge in [0, 0.05) is 47.4 Å². The molecule has 2 saturated heterocycles. The molecule has 6 heteroatoms. The lowest BCUT2D eigenvalue weighted by Gasteiger charge is -2.57. The van der Waals surface area contributed by atoms with Crippen molar-refractivity contribution in [3.05, 3.63) is 35.4 Å². The first-order valence-corrected chi connectivity index (χ1v) is 11.9. The largest absolute Gasteiger partial charge is 0.366 e. The lowest BCUT2D eigenvalue weighted by molar-refractivity contribution is -0.0626. The average molecular weight is 443 g/mol. The average Bonchev–Trinajstić information content (AvgIpc) is 2.74. The molecule has 32 heavy (non-hydrogen) atoms. The Labute approximate surface area is 194 Å². The Morgan fingerprint density at radius 3 is 1.59 bits per heavy atom. The number of benzene rings is 1. The van der Waals surface area contributed by atoms with Crippen LogP contribution in [0.5, 0.6) is 0 Å². The summed E-state index contributed by atoms with van der Waals surface area (Å²) in [5.41, 5.74) is 6.47. The number of nitrogens with zero attached hydrogens (tertiary/aromatic N) is 3. The zero-order chi connectivity index (χ0) is 24.0. The molecule has 0 radical (unpaired) electrons. The van der Waals surface area contributed by atoms with Crippen LogP contribution in [0.3, 0.4) is 0 Å². The number of hydrogen-bond donors (Lipinski definition) is 1. The number of amides is 2. The summed E-state index contributed by atoms with van der Waals surface area (Å²) in [7, 11) is 4.37. The Bertz CT molecular complexity index is 812. The molecule has 2 fully saturated rings. The summed E-state index contributed by atoms with van der Waals surface area (Å²) in [6.07, 6.45) is 1.93. The standard InChI is InChI=1S/C26H42N4O2/c1-17-21(13-15-28(7)25(17,3)4)30(22-14-16-29(8)26(5,6)18(22)2)24(32)20-11-9-19(10-12-20)23(27)31/h9-12,17-18,21-22H,13-16H2,1-8H3,(H2,27,31). The van der Waals surface area contributed by atoms with E-state index in [1.807, 2.05) is 0 Å². The highest BCUT2D eigenvalue weighted by Gasteiger charge is 2.49. The molecule has 1 aromatic carbocycles. The monoisotopic (exact) mass is 442 g/mol. The Morgan fingerprint density at radius 1 is 0.844 bits per heavy atom. The van der Waals surface area contributed by atoms with Crippen molar-refractivity contribution in [2.24, 2.45) is 17.6 Å². The van der Waals surface area contributed by atoms with Crippen LogP contribution in [-0.2, 0) is 0 Å². The molecule has 178 valence electrons. The van der Waals surface area contributed by atoms with Crippen LogP contribution in [0.1, 0.15) is 75.1 Å². The van der Waals surface area contributed by atoms with Gasteiger partial charge in [-0.15, -0.1) is 0 Å². The van der Waals surface area contributed by atoms with E-state index in [0.717, 1.165) is 25.9 Å². The zero-order valence-electron chi connectivity index (χ0n) is 21.2. The lowest BCUT2D eigenvalue weighted by Crippen LogP contribution is -2.67. The molecular weight excluding hydrogens is 400 g/mol. The second kappa shape index (κ2) is 8.79. The molecule has 4 atom stereocenters. The van der Waals surface area contributed by atoms with E-state index in [0.29, 0.717) is 23.0 Å². The van der Waals surface area contributed by atoms with Crippen LogP contribution in [0.25, 0.3) is 0 Å². The molecule has 2 amide bonds. The molecule has 0 spiro atoms.